The molecule has 5 heteroatoms. The fraction of sp³-hybridized carbons (Fsp3) is 0.333. The van der Waals surface area contributed by atoms with Crippen LogP contribution in [-0.2, 0) is 0 Å². The first-order chi connectivity index (χ1) is 23.8. The van der Waals surface area contributed by atoms with Gasteiger partial charge in [0.25, 0.3) is 0 Å². The van der Waals surface area contributed by atoms with E-state index in [-0.39, 0.29) is 29.6 Å². The number of halogens is 1. The Hall–Kier alpha value is -4.22. The van der Waals surface area contributed by atoms with Crippen molar-refractivity contribution in [1.29, 1.82) is 0 Å². The smallest absolute Gasteiger partial charge is 0.0841 e. The summed E-state index contributed by atoms with van der Waals surface area (Å²) in [7, 11) is 0. The second kappa shape index (κ2) is 16.2. The Morgan fingerprint density at radius 3 is 1.16 bits per heavy atom. The third-order valence-electron chi connectivity index (χ3n) is 9.37. The van der Waals surface area contributed by atoms with Crippen LogP contribution >= 0.6 is 15.9 Å². The summed E-state index contributed by atoms with van der Waals surface area (Å²) in [6, 6.07) is 30.5. The Bertz CT molecular complexity index is 1790. The molecule has 5 rings (SSSR count). The second-order valence-corrected chi connectivity index (χ2v) is 15.4. The van der Waals surface area contributed by atoms with Gasteiger partial charge in [0.05, 0.1) is 34.2 Å². The molecule has 0 atom stereocenters. The van der Waals surface area contributed by atoms with Crippen LogP contribution in [0.4, 0.5) is 11.4 Å². The summed E-state index contributed by atoms with van der Waals surface area (Å²) in [5, 5.41) is 0. The minimum absolute atomic E-state index is 0.0120. The largest absolute Gasteiger partial charge is 0.255 e. The lowest BCUT2D eigenvalue weighted by Crippen LogP contribution is -2.10. The van der Waals surface area contributed by atoms with Crippen LogP contribution in [0.15, 0.2) is 112 Å². The van der Waals surface area contributed by atoms with E-state index in [1.54, 1.807) is 0 Å². The molecule has 4 nitrogen and oxygen atoms in total. The van der Waals surface area contributed by atoms with Gasteiger partial charge < -0.3 is 0 Å². The Kier molecular flexibility index (Phi) is 12.0. The molecule has 5 aromatic rings. The van der Waals surface area contributed by atoms with Crippen molar-refractivity contribution >= 4 is 38.7 Å². The Morgan fingerprint density at radius 1 is 0.500 bits per heavy atom. The molecule has 0 unspecified atom stereocenters. The molecule has 0 aliphatic carbocycles. The number of hydrogen-bond donors (Lipinski definition) is 0. The molecular weight excluding hydrogens is 676 g/mol. The number of hydrogen-bond acceptors (Lipinski definition) is 4. The molecule has 0 amide bonds. The molecule has 0 spiro atoms. The first kappa shape index (κ1) is 37.0. The molecule has 50 heavy (non-hydrogen) atoms. The molecule has 3 aromatic carbocycles. The number of aliphatic imine (C=N–C) groups is 2. The molecular formula is C45H51BrN4. The van der Waals surface area contributed by atoms with Gasteiger partial charge in [0.15, 0.2) is 0 Å². The van der Waals surface area contributed by atoms with Gasteiger partial charge in [-0.25, -0.2) is 0 Å². The highest BCUT2D eigenvalue weighted by Crippen LogP contribution is 2.45. The molecule has 258 valence electrons. The molecule has 0 aliphatic heterocycles. The van der Waals surface area contributed by atoms with Gasteiger partial charge in [-0.2, -0.15) is 0 Å². The van der Waals surface area contributed by atoms with Crippen LogP contribution in [0.3, 0.4) is 0 Å². The summed E-state index contributed by atoms with van der Waals surface area (Å²) in [6.07, 6.45) is 3.67. The van der Waals surface area contributed by atoms with Gasteiger partial charge in [-0.1, -0.05) is 120 Å². The predicted molar refractivity (Wildman–Crippen MR) is 217 cm³/mol. The maximum Gasteiger partial charge on any atom is 0.0841 e. The minimum atomic E-state index is 0.0120. The lowest BCUT2D eigenvalue weighted by Gasteiger charge is -2.27. The number of nitrogens with zero attached hydrogens (tertiary/aromatic N) is 4. The van der Waals surface area contributed by atoms with Gasteiger partial charge in [-0.15, -0.1) is 0 Å². The monoisotopic (exact) mass is 726 g/mol. The highest BCUT2D eigenvalue weighted by molar-refractivity contribution is 9.10. The quantitative estimate of drug-likeness (QED) is 0.100. The van der Waals surface area contributed by atoms with E-state index in [2.05, 4.69) is 144 Å². The zero-order chi connectivity index (χ0) is 36.1. The molecule has 0 aliphatic rings. The maximum atomic E-state index is 5.30. The van der Waals surface area contributed by atoms with Crippen LogP contribution in [0.1, 0.15) is 149 Å². The summed E-state index contributed by atoms with van der Waals surface area (Å²) in [6.45, 7) is 22.3. The van der Waals surface area contributed by atoms with Gasteiger partial charge in [0.1, 0.15) is 0 Å². The Balaban J connectivity index is 1.79. The Morgan fingerprint density at radius 2 is 0.860 bits per heavy atom. The normalized spacial score (nSPS) is 13.2. The Labute approximate surface area is 308 Å². The van der Waals surface area contributed by atoms with Crippen molar-refractivity contribution in [3.63, 3.8) is 0 Å². The van der Waals surface area contributed by atoms with Crippen molar-refractivity contribution in [1.82, 2.24) is 9.97 Å². The SMILES string of the molecule is CC(=Nc1c(C(C)C)cc(C(c2ccc(Br)cc2)c2cc(C(C)C)c(N=C(C)c3ccccn3)c(C(C)C)c2)cc1C(C)C)c1ccccn1. The minimum Gasteiger partial charge on any atom is -0.255 e. The van der Waals surface area contributed by atoms with E-state index in [4.69, 9.17) is 9.98 Å². The zero-order valence-electron chi connectivity index (χ0n) is 31.3. The van der Waals surface area contributed by atoms with Crippen molar-refractivity contribution in [2.75, 3.05) is 0 Å². The second-order valence-electron chi connectivity index (χ2n) is 14.5. The molecule has 0 bridgehead atoms. The van der Waals surface area contributed by atoms with Gasteiger partial charge in [-0.3, -0.25) is 20.0 Å². The average Bonchev–Trinajstić information content (AvgIpc) is 3.10. The summed E-state index contributed by atoms with van der Waals surface area (Å²) < 4.78 is 1.07. The molecule has 2 heterocycles. The zero-order valence-corrected chi connectivity index (χ0v) is 32.9. The van der Waals surface area contributed by atoms with Crippen LogP contribution in [0.2, 0.25) is 0 Å². The van der Waals surface area contributed by atoms with E-state index in [9.17, 15) is 0 Å². The number of rotatable bonds is 11. The van der Waals surface area contributed by atoms with E-state index in [0.29, 0.717) is 0 Å². The number of aromatic nitrogens is 2. The van der Waals surface area contributed by atoms with Gasteiger partial charge in [-0.05, 0) is 113 Å². The number of benzene rings is 3. The van der Waals surface area contributed by atoms with E-state index in [0.717, 1.165) is 38.7 Å². The molecule has 0 saturated carbocycles. The third-order valence-corrected chi connectivity index (χ3v) is 9.90. The van der Waals surface area contributed by atoms with Crippen LogP contribution < -0.4 is 0 Å². The van der Waals surface area contributed by atoms with E-state index in [1.165, 1.54) is 38.9 Å². The topological polar surface area (TPSA) is 50.5 Å². The van der Waals surface area contributed by atoms with Crippen molar-refractivity contribution in [3.05, 3.63) is 152 Å². The lowest BCUT2D eigenvalue weighted by atomic mass is 9.78. The summed E-state index contributed by atoms with van der Waals surface area (Å²) >= 11 is 3.69. The highest BCUT2D eigenvalue weighted by Gasteiger charge is 2.26. The highest BCUT2D eigenvalue weighted by atomic mass is 79.9. The molecule has 2 aromatic heterocycles. The van der Waals surface area contributed by atoms with E-state index >= 15 is 0 Å². The van der Waals surface area contributed by atoms with Gasteiger partial charge >= 0.3 is 0 Å². The fourth-order valence-corrected chi connectivity index (χ4v) is 6.86. The fourth-order valence-electron chi connectivity index (χ4n) is 6.60. The molecule has 0 fully saturated rings. The van der Waals surface area contributed by atoms with Crippen molar-refractivity contribution < 1.29 is 0 Å². The van der Waals surface area contributed by atoms with Crippen LogP contribution in [0.5, 0.6) is 0 Å². The van der Waals surface area contributed by atoms with Gasteiger partial charge in [0.2, 0.25) is 0 Å². The summed E-state index contributed by atoms with van der Waals surface area (Å²) in [5.41, 5.74) is 14.6. The maximum absolute atomic E-state index is 5.30. The summed E-state index contributed by atoms with van der Waals surface area (Å²) in [4.78, 5) is 19.8. The van der Waals surface area contributed by atoms with Crippen LogP contribution in [0.25, 0.3) is 0 Å². The van der Waals surface area contributed by atoms with Crippen LogP contribution in [-0.4, -0.2) is 21.4 Å². The van der Waals surface area contributed by atoms with Crippen LogP contribution in [0, 0.1) is 0 Å². The lowest BCUT2D eigenvalue weighted by molar-refractivity contribution is 0.812. The van der Waals surface area contributed by atoms with Gasteiger partial charge in [0, 0.05) is 22.8 Å². The van der Waals surface area contributed by atoms with E-state index < -0.39 is 0 Å². The number of pyridine rings is 2. The summed E-state index contributed by atoms with van der Waals surface area (Å²) in [5.74, 6) is 1.11. The third kappa shape index (κ3) is 8.38. The molecule has 0 saturated heterocycles. The first-order valence-corrected chi connectivity index (χ1v) is 18.7. The van der Waals surface area contributed by atoms with Crippen molar-refractivity contribution in [3.8, 4) is 0 Å². The predicted octanol–water partition coefficient (Wildman–Crippen LogP) is 13.2. The first-order valence-electron chi connectivity index (χ1n) is 17.9. The molecule has 0 N–H and O–H groups in total. The molecule has 0 radical (unpaired) electrons. The van der Waals surface area contributed by atoms with E-state index in [1.807, 2.05) is 48.8 Å². The van der Waals surface area contributed by atoms with Crippen molar-refractivity contribution in [2.45, 2.75) is 98.8 Å². The average molecular weight is 728 g/mol. The standard InChI is InChI=1S/C45H51BrN4/c1-27(2)37-23-34(24-38(28(3)4)44(37)49-31(9)41-15-11-13-21-47-41)43(33-17-19-36(46)20-18-33)35-25-39(29(5)6)45(40(26-35)30(7)8)50-32(10)42-16-12-14-22-48-42/h11-30,43H,1-10H3. The van der Waals surface area contributed by atoms with Crippen molar-refractivity contribution in [2.24, 2.45) is 9.98 Å².